The molecule has 1 fully saturated rings. The molecule has 0 bridgehead atoms. The zero-order valence-corrected chi connectivity index (χ0v) is 14.7. The average Bonchev–Trinajstić information content (AvgIpc) is 2.48. The van der Waals surface area contributed by atoms with Crippen molar-refractivity contribution in [2.75, 3.05) is 31.6 Å². The number of rotatable bonds is 6. The first kappa shape index (κ1) is 16.9. The molecule has 21 heavy (non-hydrogen) atoms. The summed E-state index contributed by atoms with van der Waals surface area (Å²) in [5.74, 6) is 1.96. The van der Waals surface area contributed by atoms with E-state index < -0.39 is 0 Å². The fourth-order valence-electron chi connectivity index (χ4n) is 3.35. The van der Waals surface area contributed by atoms with Gasteiger partial charge in [0.15, 0.2) is 0 Å². The molecular weight excluding hydrogens is 276 g/mol. The minimum absolute atomic E-state index is 0.0754. The zero-order chi connectivity index (χ0) is 15.3. The Kier molecular flexibility index (Phi) is 6.15. The monoisotopic (exact) mass is 306 g/mol. The van der Waals surface area contributed by atoms with Gasteiger partial charge in [0.25, 0.3) is 0 Å². The highest BCUT2D eigenvalue weighted by Gasteiger charge is 2.37. The standard InChI is InChI=1S/C18H30N2S/c1-15(2)17-13-19-18(3,16-9-6-5-7-10-16)14-20(17)11-8-12-21-4/h5-7,9-10,15,17,19H,8,11-14H2,1-4H3. The van der Waals surface area contributed by atoms with E-state index in [9.17, 15) is 0 Å². The van der Waals surface area contributed by atoms with Gasteiger partial charge in [0.05, 0.1) is 5.54 Å². The summed E-state index contributed by atoms with van der Waals surface area (Å²) in [7, 11) is 0. The van der Waals surface area contributed by atoms with Crippen molar-refractivity contribution < 1.29 is 0 Å². The SMILES string of the molecule is CSCCCN1CC(C)(c2ccccc2)NCC1C(C)C. The molecule has 1 aliphatic rings. The van der Waals surface area contributed by atoms with Crippen LogP contribution in [0.5, 0.6) is 0 Å². The molecular formula is C18H30N2S. The molecule has 2 unspecified atom stereocenters. The number of hydrogen-bond acceptors (Lipinski definition) is 3. The Hall–Kier alpha value is -0.510. The smallest absolute Gasteiger partial charge is 0.0535 e. The molecule has 1 saturated heterocycles. The normalized spacial score (nSPS) is 27.2. The van der Waals surface area contributed by atoms with Gasteiger partial charge in [0.1, 0.15) is 0 Å². The van der Waals surface area contributed by atoms with Crippen LogP contribution in [0, 0.1) is 5.92 Å². The van der Waals surface area contributed by atoms with Crippen LogP contribution in [0.3, 0.4) is 0 Å². The Morgan fingerprint density at radius 3 is 2.67 bits per heavy atom. The Balaban J connectivity index is 2.10. The van der Waals surface area contributed by atoms with E-state index in [1.54, 1.807) is 0 Å². The quantitative estimate of drug-likeness (QED) is 0.809. The zero-order valence-electron chi connectivity index (χ0n) is 13.9. The van der Waals surface area contributed by atoms with Gasteiger partial charge in [-0.05, 0) is 43.4 Å². The highest BCUT2D eigenvalue weighted by molar-refractivity contribution is 7.98. The first-order valence-corrected chi connectivity index (χ1v) is 9.50. The van der Waals surface area contributed by atoms with E-state index in [4.69, 9.17) is 0 Å². The predicted octanol–water partition coefficient (Wildman–Crippen LogP) is 3.58. The van der Waals surface area contributed by atoms with Gasteiger partial charge in [-0.25, -0.2) is 0 Å². The van der Waals surface area contributed by atoms with Crippen LogP contribution in [0.2, 0.25) is 0 Å². The van der Waals surface area contributed by atoms with Crippen LogP contribution in [0.4, 0.5) is 0 Å². The van der Waals surface area contributed by atoms with Gasteiger partial charge in [-0.1, -0.05) is 44.2 Å². The molecule has 0 saturated carbocycles. The van der Waals surface area contributed by atoms with Crippen molar-refractivity contribution >= 4 is 11.8 Å². The molecule has 3 heteroatoms. The van der Waals surface area contributed by atoms with E-state index >= 15 is 0 Å². The van der Waals surface area contributed by atoms with E-state index in [0.29, 0.717) is 12.0 Å². The summed E-state index contributed by atoms with van der Waals surface area (Å²) in [5, 5.41) is 3.82. The van der Waals surface area contributed by atoms with Crippen LogP contribution in [0.15, 0.2) is 30.3 Å². The van der Waals surface area contributed by atoms with Crippen LogP contribution >= 0.6 is 11.8 Å². The molecule has 2 rings (SSSR count). The van der Waals surface area contributed by atoms with Crippen LogP contribution < -0.4 is 5.32 Å². The van der Waals surface area contributed by atoms with E-state index in [1.807, 2.05) is 11.8 Å². The molecule has 0 aromatic heterocycles. The van der Waals surface area contributed by atoms with Crippen molar-refractivity contribution in [1.82, 2.24) is 10.2 Å². The third kappa shape index (κ3) is 4.24. The lowest BCUT2D eigenvalue weighted by atomic mass is 9.86. The first-order valence-electron chi connectivity index (χ1n) is 8.10. The largest absolute Gasteiger partial charge is 0.305 e. The highest BCUT2D eigenvalue weighted by Crippen LogP contribution is 2.28. The minimum atomic E-state index is 0.0754. The molecule has 1 aromatic carbocycles. The molecule has 0 radical (unpaired) electrons. The van der Waals surface area contributed by atoms with Crippen molar-refractivity contribution in [3.8, 4) is 0 Å². The van der Waals surface area contributed by atoms with Gasteiger partial charge in [0.2, 0.25) is 0 Å². The van der Waals surface area contributed by atoms with Crippen molar-refractivity contribution in [2.45, 2.75) is 38.8 Å². The fraction of sp³-hybridized carbons (Fsp3) is 0.667. The van der Waals surface area contributed by atoms with Crippen LogP contribution in [-0.4, -0.2) is 42.6 Å². The maximum absolute atomic E-state index is 3.82. The maximum Gasteiger partial charge on any atom is 0.0535 e. The molecule has 2 atom stereocenters. The Bertz CT molecular complexity index is 420. The number of piperazine rings is 1. The topological polar surface area (TPSA) is 15.3 Å². The summed E-state index contributed by atoms with van der Waals surface area (Å²) < 4.78 is 0. The highest BCUT2D eigenvalue weighted by atomic mass is 32.2. The van der Waals surface area contributed by atoms with Gasteiger partial charge < -0.3 is 5.32 Å². The fourth-order valence-corrected chi connectivity index (χ4v) is 3.77. The molecule has 0 aliphatic carbocycles. The molecule has 1 N–H and O–H groups in total. The third-order valence-electron chi connectivity index (χ3n) is 4.66. The van der Waals surface area contributed by atoms with E-state index in [0.717, 1.165) is 13.1 Å². The summed E-state index contributed by atoms with van der Waals surface area (Å²) >= 11 is 1.95. The van der Waals surface area contributed by atoms with E-state index in [2.05, 4.69) is 67.6 Å². The summed E-state index contributed by atoms with van der Waals surface area (Å²) in [6.07, 6.45) is 3.49. The summed E-state index contributed by atoms with van der Waals surface area (Å²) in [6.45, 7) is 10.4. The molecule has 2 nitrogen and oxygen atoms in total. The third-order valence-corrected chi connectivity index (χ3v) is 5.36. The van der Waals surface area contributed by atoms with Gasteiger partial charge in [-0.15, -0.1) is 0 Å². The summed E-state index contributed by atoms with van der Waals surface area (Å²) in [5.41, 5.74) is 1.48. The van der Waals surface area contributed by atoms with Crippen molar-refractivity contribution in [2.24, 2.45) is 5.92 Å². The lowest BCUT2D eigenvalue weighted by Crippen LogP contribution is -2.62. The Morgan fingerprint density at radius 2 is 2.05 bits per heavy atom. The number of benzene rings is 1. The summed E-state index contributed by atoms with van der Waals surface area (Å²) in [6, 6.07) is 11.6. The summed E-state index contributed by atoms with van der Waals surface area (Å²) in [4.78, 5) is 2.71. The molecule has 118 valence electrons. The van der Waals surface area contributed by atoms with Crippen LogP contribution in [0.25, 0.3) is 0 Å². The number of thioether (sulfide) groups is 1. The minimum Gasteiger partial charge on any atom is -0.305 e. The molecule has 1 heterocycles. The van der Waals surface area contributed by atoms with Gasteiger partial charge in [0, 0.05) is 19.1 Å². The number of nitrogens with zero attached hydrogens (tertiary/aromatic N) is 1. The molecule has 1 aromatic rings. The van der Waals surface area contributed by atoms with Crippen molar-refractivity contribution in [3.05, 3.63) is 35.9 Å². The average molecular weight is 307 g/mol. The Labute approximate surface area is 134 Å². The van der Waals surface area contributed by atoms with Crippen LogP contribution in [-0.2, 0) is 5.54 Å². The van der Waals surface area contributed by atoms with Gasteiger partial charge >= 0.3 is 0 Å². The molecule has 0 spiro atoms. The maximum atomic E-state index is 3.82. The lowest BCUT2D eigenvalue weighted by molar-refractivity contribution is 0.0613. The van der Waals surface area contributed by atoms with E-state index in [-0.39, 0.29) is 5.54 Å². The molecule has 0 amide bonds. The van der Waals surface area contributed by atoms with Gasteiger partial charge in [-0.3, -0.25) is 4.90 Å². The second-order valence-electron chi connectivity index (χ2n) is 6.71. The van der Waals surface area contributed by atoms with Crippen molar-refractivity contribution in [3.63, 3.8) is 0 Å². The van der Waals surface area contributed by atoms with Gasteiger partial charge in [-0.2, -0.15) is 11.8 Å². The lowest BCUT2D eigenvalue weighted by Gasteiger charge is -2.48. The number of nitrogens with one attached hydrogen (secondary N) is 1. The van der Waals surface area contributed by atoms with Crippen LogP contribution in [0.1, 0.15) is 32.8 Å². The van der Waals surface area contributed by atoms with Crippen molar-refractivity contribution in [1.29, 1.82) is 0 Å². The van der Waals surface area contributed by atoms with E-state index in [1.165, 1.54) is 24.3 Å². The Morgan fingerprint density at radius 1 is 1.33 bits per heavy atom. The second kappa shape index (κ2) is 7.66. The number of hydrogen-bond donors (Lipinski definition) is 1. The second-order valence-corrected chi connectivity index (χ2v) is 7.69. The predicted molar refractivity (Wildman–Crippen MR) is 95.0 cm³/mol. The molecule has 1 aliphatic heterocycles. The first-order chi connectivity index (χ1) is 10.1.